The molecule has 2 rings (SSSR count). The van der Waals surface area contributed by atoms with E-state index in [1.165, 1.54) is 19.1 Å². The summed E-state index contributed by atoms with van der Waals surface area (Å²) < 4.78 is 18.3. The zero-order valence-corrected chi connectivity index (χ0v) is 7.92. The molecule has 0 saturated carbocycles. The molecule has 0 spiro atoms. The highest BCUT2D eigenvalue weighted by Gasteiger charge is 2.23. The van der Waals surface area contributed by atoms with Crippen LogP contribution in [0.25, 0.3) is 0 Å². The van der Waals surface area contributed by atoms with E-state index < -0.39 is 0 Å². The van der Waals surface area contributed by atoms with Gasteiger partial charge in [0.15, 0.2) is 11.9 Å². The van der Waals surface area contributed by atoms with E-state index in [9.17, 15) is 9.18 Å². The van der Waals surface area contributed by atoms with Crippen molar-refractivity contribution >= 4 is 5.78 Å². The van der Waals surface area contributed by atoms with Gasteiger partial charge in [-0.3, -0.25) is 4.79 Å². The SMILES string of the molecule is CC(=O)[C@H]1CCc2cc(F)ccc2O1. The van der Waals surface area contributed by atoms with Crippen LogP contribution < -0.4 is 4.74 Å². The Bertz CT molecular complexity index is 374. The van der Waals surface area contributed by atoms with Crippen molar-refractivity contribution in [2.24, 2.45) is 0 Å². The number of aryl methyl sites for hydroxylation is 1. The lowest BCUT2D eigenvalue weighted by molar-refractivity contribution is -0.124. The second-order valence-electron chi connectivity index (χ2n) is 3.51. The second kappa shape index (κ2) is 3.40. The molecule has 0 bridgehead atoms. The molecule has 1 atom stereocenters. The van der Waals surface area contributed by atoms with Crippen molar-refractivity contribution in [3.05, 3.63) is 29.6 Å². The molecule has 0 unspecified atom stereocenters. The summed E-state index contributed by atoms with van der Waals surface area (Å²) >= 11 is 0. The summed E-state index contributed by atoms with van der Waals surface area (Å²) in [5.41, 5.74) is 0.850. The molecule has 0 amide bonds. The Morgan fingerprint density at radius 3 is 3.07 bits per heavy atom. The third-order valence-electron chi connectivity index (χ3n) is 2.42. The largest absolute Gasteiger partial charge is 0.482 e. The van der Waals surface area contributed by atoms with E-state index >= 15 is 0 Å². The van der Waals surface area contributed by atoms with Crippen molar-refractivity contribution < 1.29 is 13.9 Å². The van der Waals surface area contributed by atoms with Crippen molar-refractivity contribution in [3.8, 4) is 5.75 Å². The first-order valence-corrected chi connectivity index (χ1v) is 4.62. The van der Waals surface area contributed by atoms with Crippen LogP contribution in [-0.2, 0) is 11.2 Å². The summed E-state index contributed by atoms with van der Waals surface area (Å²) in [4.78, 5) is 11.1. The van der Waals surface area contributed by atoms with Gasteiger partial charge in [0.25, 0.3) is 0 Å². The minimum atomic E-state index is -0.354. The Balaban J connectivity index is 2.27. The van der Waals surface area contributed by atoms with E-state index in [-0.39, 0.29) is 17.7 Å². The number of benzene rings is 1. The molecule has 14 heavy (non-hydrogen) atoms. The Hall–Kier alpha value is -1.38. The molecule has 0 fully saturated rings. The molecule has 0 saturated heterocycles. The van der Waals surface area contributed by atoms with Crippen LogP contribution in [0, 0.1) is 5.82 Å². The highest BCUT2D eigenvalue weighted by Crippen LogP contribution is 2.28. The van der Waals surface area contributed by atoms with Gasteiger partial charge >= 0.3 is 0 Å². The minimum Gasteiger partial charge on any atom is -0.482 e. The maximum Gasteiger partial charge on any atom is 0.170 e. The Labute approximate surface area is 81.7 Å². The molecule has 1 heterocycles. The zero-order valence-electron chi connectivity index (χ0n) is 7.92. The maximum absolute atomic E-state index is 12.8. The first-order valence-electron chi connectivity index (χ1n) is 4.62. The van der Waals surface area contributed by atoms with Gasteiger partial charge in [-0.05, 0) is 43.5 Å². The van der Waals surface area contributed by atoms with Gasteiger partial charge in [0.1, 0.15) is 11.6 Å². The second-order valence-corrected chi connectivity index (χ2v) is 3.51. The number of carbonyl (C=O) groups excluding carboxylic acids is 1. The van der Waals surface area contributed by atoms with E-state index in [4.69, 9.17) is 4.74 Å². The fourth-order valence-electron chi connectivity index (χ4n) is 1.64. The number of rotatable bonds is 1. The molecule has 2 nitrogen and oxygen atoms in total. The van der Waals surface area contributed by atoms with Gasteiger partial charge in [-0.1, -0.05) is 0 Å². The van der Waals surface area contributed by atoms with E-state index in [0.717, 1.165) is 5.56 Å². The molecule has 3 heteroatoms. The van der Waals surface area contributed by atoms with E-state index in [0.29, 0.717) is 18.6 Å². The highest BCUT2D eigenvalue weighted by atomic mass is 19.1. The maximum atomic E-state index is 12.8. The van der Waals surface area contributed by atoms with Crippen LogP contribution in [-0.4, -0.2) is 11.9 Å². The van der Waals surface area contributed by atoms with Crippen molar-refractivity contribution in [2.45, 2.75) is 25.9 Å². The number of fused-ring (bicyclic) bond motifs is 1. The van der Waals surface area contributed by atoms with Crippen molar-refractivity contribution in [3.63, 3.8) is 0 Å². The average Bonchev–Trinajstić information content (AvgIpc) is 2.16. The zero-order chi connectivity index (χ0) is 10.1. The fourth-order valence-corrected chi connectivity index (χ4v) is 1.64. The Morgan fingerprint density at radius 1 is 1.57 bits per heavy atom. The van der Waals surface area contributed by atoms with Crippen LogP contribution in [0.5, 0.6) is 5.75 Å². The third-order valence-corrected chi connectivity index (χ3v) is 2.42. The number of Topliss-reactive ketones (excluding diaryl/α,β-unsaturated/α-hetero) is 1. The number of ether oxygens (including phenoxy) is 1. The molecule has 1 aliphatic heterocycles. The van der Waals surface area contributed by atoms with Crippen molar-refractivity contribution in [2.75, 3.05) is 0 Å². The molecule has 74 valence electrons. The first kappa shape index (κ1) is 9.19. The average molecular weight is 194 g/mol. The fraction of sp³-hybridized carbons (Fsp3) is 0.364. The van der Waals surface area contributed by atoms with Crippen LogP contribution >= 0.6 is 0 Å². The smallest absolute Gasteiger partial charge is 0.170 e. The molecule has 0 aliphatic carbocycles. The Kier molecular flexibility index (Phi) is 2.23. The van der Waals surface area contributed by atoms with Crippen LogP contribution in [0.4, 0.5) is 4.39 Å². The van der Waals surface area contributed by atoms with Crippen LogP contribution in [0.1, 0.15) is 18.9 Å². The van der Waals surface area contributed by atoms with Gasteiger partial charge in [0.2, 0.25) is 0 Å². The predicted octanol–water partition coefficient (Wildman–Crippen LogP) is 2.11. The quantitative estimate of drug-likeness (QED) is 0.684. The summed E-state index contributed by atoms with van der Waals surface area (Å²) in [6.07, 6.45) is 0.997. The summed E-state index contributed by atoms with van der Waals surface area (Å²) in [6.45, 7) is 1.51. The van der Waals surface area contributed by atoms with Gasteiger partial charge in [0, 0.05) is 0 Å². The highest BCUT2D eigenvalue weighted by molar-refractivity contribution is 5.81. The first-order chi connectivity index (χ1) is 6.66. The van der Waals surface area contributed by atoms with Gasteiger partial charge in [-0.2, -0.15) is 0 Å². The lowest BCUT2D eigenvalue weighted by Crippen LogP contribution is -2.29. The summed E-state index contributed by atoms with van der Waals surface area (Å²) in [7, 11) is 0. The third kappa shape index (κ3) is 1.62. The normalized spacial score (nSPS) is 19.7. The number of halogens is 1. The molecule has 0 radical (unpaired) electrons. The molecular formula is C11H11FO2. The molecule has 1 aliphatic rings. The van der Waals surface area contributed by atoms with Gasteiger partial charge in [-0.25, -0.2) is 4.39 Å². The Morgan fingerprint density at radius 2 is 2.36 bits per heavy atom. The topological polar surface area (TPSA) is 26.3 Å². The standard InChI is InChI=1S/C11H11FO2/c1-7(13)10-4-2-8-6-9(12)3-5-11(8)14-10/h3,5-6,10H,2,4H2,1H3/t10-/m1/s1. The monoisotopic (exact) mass is 194 g/mol. The van der Waals surface area contributed by atoms with E-state index in [1.807, 2.05) is 0 Å². The molecule has 0 N–H and O–H groups in total. The lowest BCUT2D eigenvalue weighted by Gasteiger charge is -2.23. The minimum absolute atomic E-state index is 0.0278. The molecule has 1 aromatic rings. The van der Waals surface area contributed by atoms with E-state index in [2.05, 4.69) is 0 Å². The summed E-state index contributed by atoms with van der Waals surface area (Å²) in [5.74, 6) is 0.409. The van der Waals surface area contributed by atoms with Crippen molar-refractivity contribution in [1.82, 2.24) is 0 Å². The van der Waals surface area contributed by atoms with Crippen LogP contribution in [0.3, 0.4) is 0 Å². The lowest BCUT2D eigenvalue weighted by atomic mass is 10.0. The predicted molar refractivity (Wildman–Crippen MR) is 49.8 cm³/mol. The number of carbonyl (C=O) groups is 1. The van der Waals surface area contributed by atoms with Gasteiger partial charge in [0.05, 0.1) is 0 Å². The molecule has 0 aromatic heterocycles. The number of hydrogen-bond donors (Lipinski definition) is 0. The van der Waals surface area contributed by atoms with Crippen molar-refractivity contribution in [1.29, 1.82) is 0 Å². The van der Waals surface area contributed by atoms with Gasteiger partial charge < -0.3 is 4.74 Å². The number of hydrogen-bond acceptors (Lipinski definition) is 2. The van der Waals surface area contributed by atoms with Crippen LogP contribution in [0.15, 0.2) is 18.2 Å². The van der Waals surface area contributed by atoms with E-state index in [1.54, 1.807) is 6.07 Å². The van der Waals surface area contributed by atoms with Gasteiger partial charge in [-0.15, -0.1) is 0 Å². The number of ketones is 1. The molecular weight excluding hydrogens is 183 g/mol. The summed E-state index contributed by atoms with van der Waals surface area (Å²) in [5, 5.41) is 0. The summed E-state index contributed by atoms with van der Waals surface area (Å²) in [6, 6.07) is 4.40. The van der Waals surface area contributed by atoms with Crippen LogP contribution in [0.2, 0.25) is 0 Å². The molecule has 1 aromatic carbocycles.